The Morgan fingerprint density at radius 1 is 0.912 bits per heavy atom. The summed E-state index contributed by atoms with van der Waals surface area (Å²) in [6.07, 6.45) is 0.405. The number of ether oxygens (including phenoxy) is 3. The molecule has 1 N–H and O–H groups in total. The van der Waals surface area contributed by atoms with Crippen molar-refractivity contribution >= 4 is 17.7 Å². The molecule has 0 unspecified atom stereocenters. The van der Waals surface area contributed by atoms with Crippen LogP contribution in [-0.2, 0) is 23.9 Å². The van der Waals surface area contributed by atoms with Crippen molar-refractivity contribution in [3.63, 3.8) is 0 Å². The van der Waals surface area contributed by atoms with Crippen LogP contribution in [-0.4, -0.2) is 39.1 Å². The Morgan fingerprint density at radius 3 is 2.18 bits per heavy atom. The summed E-state index contributed by atoms with van der Waals surface area (Å²) in [5.74, 6) is -2.92. The van der Waals surface area contributed by atoms with Crippen LogP contribution < -0.4 is 10.1 Å². The van der Waals surface area contributed by atoms with E-state index in [-0.39, 0.29) is 5.78 Å². The zero-order chi connectivity index (χ0) is 24.4. The first kappa shape index (κ1) is 23.3. The topological polar surface area (TPSA) is 90.9 Å². The van der Waals surface area contributed by atoms with Crippen molar-refractivity contribution in [1.82, 2.24) is 5.32 Å². The van der Waals surface area contributed by atoms with Crippen molar-refractivity contribution in [1.29, 1.82) is 0 Å². The van der Waals surface area contributed by atoms with E-state index in [0.717, 1.165) is 11.1 Å². The molecule has 0 amide bonds. The number of benzene rings is 2. The maximum atomic E-state index is 14.0. The van der Waals surface area contributed by atoms with Gasteiger partial charge < -0.3 is 19.5 Å². The van der Waals surface area contributed by atoms with E-state index >= 15 is 0 Å². The Bertz CT molecular complexity index is 1180. The monoisotopic (exact) mass is 461 g/mol. The molecule has 176 valence electrons. The summed E-state index contributed by atoms with van der Waals surface area (Å²) in [6, 6.07) is 16.6. The van der Waals surface area contributed by atoms with Crippen LogP contribution in [0.5, 0.6) is 5.75 Å². The molecule has 1 aliphatic carbocycles. The molecule has 2 aliphatic rings. The normalized spacial score (nSPS) is 22.0. The van der Waals surface area contributed by atoms with Crippen LogP contribution in [0.25, 0.3) is 0 Å². The number of allylic oxidation sites excluding steroid dienone is 3. The number of hydrogen-bond acceptors (Lipinski definition) is 7. The zero-order valence-corrected chi connectivity index (χ0v) is 19.6. The van der Waals surface area contributed by atoms with Crippen molar-refractivity contribution in [2.45, 2.75) is 25.2 Å². The van der Waals surface area contributed by atoms with E-state index in [9.17, 15) is 14.4 Å². The predicted molar refractivity (Wildman–Crippen MR) is 125 cm³/mol. The quantitative estimate of drug-likeness (QED) is 0.537. The number of dihydropyridines is 1. The van der Waals surface area contributed by atoms with Crippen LogP contribution in [0.2, 0.25) is 0 Å². The fraction of sp³-hybridized carbons (Fsp3) is 0.296. The van der Waals surface area contributed by atoms with Crippen LogP contribution in [0, 0.1) is 5.92 Å². The molecule has 0 spiro atoms. The molecule has 34 heavy (non-hydrogen) atoms. The second kappa shape index (κ2) is 9.55. The lowest BCUT2D eigenvalue weighted by molar-refractivity contribution is -0.150. The average Bonchev–Trinajstić information content (AvgIpc) is 2.87. The lowest BCUT2D eigenvalue weighted by Gasteiger charge is -2.39. The molecule has 0 aromatic heterocycles. The Hall–Kier alpha value is -3.87. The number of esters is 2. The lowest BCUT2D eigenvalue weighted by atomic mass is 9.67. The van der Waals surface area contributed by atoms with Gasteiger partial charge in [0.2, 0.25) is 0 Å². The standard InChI is InChI=1S/C27H27NO6/c1-15-21(26(30)33-3)22(17-8-6-5-7-9-17)24-20(28-15)14-19(23(25(24)29)27(31)34-4)16-10-12-18(32-2)13-11-16/h5-13,19,22-23,28H,14H2,1-4H3/t19-,22+,23+/m0/s1. The molecule has 7 nitrogen and oxygen atoms in total. The fourth-order valence-electron chi connectivity index (χ4n) is 4.96. The van der Waals surface area contributed by atoms with Gasteiger partial charge in [-0.15, -0.1) is 0 Å². The number of Topliss-reactive ketones (excluding diaryl/α,β-unsaturated/α-hetero) is 1. The maximum Gasteiger partial charge on any atom is 0.336 e. The van der Waals surface area contributed by atoms with Gasteiger partial charge in [0.25, 0.3) is 0 Å². The van der Waals surface area contributed by atoms with E-state index in [0.29, 0.717) is 34.7 Å². The van der Waals surface area contributed by atoms with Gasteiger partial charge in [0.1, 0.15) is 11.7 Å². The van der Waals surface area contributed by atoms with Gasteiger partial charge in [-0.05, 0) is 36.6 Å². The highest BCUT2D eigenvalue weighted by molar-refractivity contribution is 6.13. The third kappa shape index (κ3) is 3.98. The number of carbonyl (C=O) groups is 3. The summed E-state index contributed by atoms with van der Waals surface area (Å²) in [5.41, 5.74) is 3.68. The molecule has 0 saturated carbocycles. The molecule has 0 fully saturated rings. The molecule has 2 aromatic rings. The van der Waals surface area contributed by atoms with Gasteiger partial charge in [0.15, 0.2) is 5.78 Å². The van der Waals surface area contributed by atoms with Crippen molar-refractivity contribution in [2.75, 3.05) is 21.3 Å². The van der Waals surface area contributed by atoms with E-state index in [2.05, 4.69) is 5.32 Å². The summed E-state index contributed by atoms with van der Waals surface area (Å²) in [5, 5.41) is 3.27. The minimum atomic E-state index is -1.04. The first-order valence-corrected chi connectivity index (χ1v) is 11.0. The van der Waals surface area contributed by atoms with Gasteiger partial charge >= 0.3 is 11.9 Å². The van der Waals surface area contributed by atoms with Gasteiger partial charge in [-0.2, -0.15) is 0 Å². The molecule has 0 radical (unpaired) electrons. The molecule has 3 atom stereocenters. The lowest BCUT2D eigenvalue weighted by Crippen LogP contribution is -2.43. The molecule has 1 heterocycles. The van der Waals surface area contributed by atoms with Crippen LogP contribution >= 0.6 is 0 Å². The van der Waals surface area contributed by atoms with Gasteiger partial charge in [-0.1, -0.05) is 42.5 Å². The first-order chi connectivity index (χ1) is 16.4. The minimum absolute atomic E-state index is 0.354. The smallest absolute Gasteiger partial charge is 0.336 e. The molecule has 7 heteroatoms. The zero-order valence-electron chi connectivity index (χ0n) is 19.6. The summed E-state index contributed by atoms with van der Waals surface area (Å²) in [4.78, 5) is 39.7. The van der Waals surface area contributed by atoms with Crippen LogP contribution in [0.15, 0.2) is 77.1 Å². The number of carbonyl (C=O) groups excluding carboxylic acids is 3. The molecule has 4 rings (SSSR count). The Morgan fingerprint density at radius 2 is 1.59 bits per heavy atom. The molecule has 0 bridgehead atoms. The van der Waals surface area contributed by atoms with Crippen LogP contribution in [0.1, 0.15) is 36.3 Å². The second-order valence-corrected chi connectivity index (χ2v) is 8.34. The van der Waals surface area contributed by atoms with Crippen molar-refractivity contribution < 1.29 is 28.6 Å². The molecule has 0 saturated heterocycles. The Kier molecular flexibility index (Phi) is 6.54. The summed E-state index contributed by atoms with van der Waals surface area (Å²) < 4.78 is 15.4. The van der Waals surface area contributed by atoms with E-state index in [4.69, 9.17) is 14.2 Å². The second-order valence-electron chi connectivity index (χ2n) is 8.34. The molecule has 2 aromatic carbocycles. The van der Waals surface area contributed by atoms with E-state index in [1.807, 2.05) is 42.5 Å². The Labute approximate surface area is 198 Å². The van der Waals surface area contributed by atoms with Crippen molar-refractivity contribution in [2.24, 2.45) is 5.92 Å². The highest BCUT2D eigenvalue weighted by Gasteiger charge is 2.48. The van der Waals surface area contributed by atoms with E-state index in [1.165, 1.54) is 14.2 Å². The maximum absolute atomic E-state index is 14.0. The summed E-state index contributed by atoms with van der Waals surface area (Å²) in [6.45, 7) is 1.80. The molecule has 1 aliphatic heterocycles. The predicted octanol–water partition coefficient (Wildman–Crippen LogP) is 3.63. The number of ketones is 1. The SMILES string of the molecule is COC(=O)C1=C(C)NC2=C(C(=O)[C@H](C(=O)OC)[C@H](c3ccc(OC)cc3)C2)[C@@H]1c1ccccc1. The van der Waals surface area contributed by atoms with Crippen LogP contribution in [0.3, 0.4) is 0 Å². The van der Waals surface area contributed by atoms with E-state index < -0.39 is 29.7 Å². The Balaban J connectivity index is 1.88. The molecular formula is C27H27NO6. The highest BCUT2D eigenvalue weighted by atomic mass is 16.5. The van der Waals surface area contributed by atoms with Gasteiger partial charge in [-0.25, -0.2) is 4.79 Å². The minimum Gasteiger partial charge on any atom is -0.497 e. The number of hydrogen-bond donors (Lipinski definition) is 1. The first-order valence-electron chi connectivity index (χ1n) is 11.0. The van der Waals surface area contributed by atoms with Crippen molar-refractivity contribution in [3.8, 4) is 5.75 Å². The van der Waals surface area contributed by atoms with E-state index in [1.54, 1.807) is 26.2 Å². The third-order valence-electron chi connectivity index (χ3n) is 6.56. The van der Waals surface area contributed by atoms with Gasteiger partial charge in [0.05, 0.1) is 26.9 Å². The number of rotatable bonds is 5. The largest absolute Gasteiger partial charge is 0.497 e. The molecular weight excluding hydrogens is 434 g/mol. The van der Waals surface area contributed by atoms with Crippen molar-refractivity contribution in [3.05, 3.63) is 88.3 Å². The summed E-state index contributed by atoms with van der Waals surface area (Å²) >= 11 is 0. The highest BCUT2D eigenvalue weighted by Crippen LogP contribution is 2.48. The third-order valence-corrected chi connectivity index (χ3v) is 6.56. The number of nitrogens with one attached hydrogen (secondary N) is 1. The number of methoxy groups -OCH3 is 3. The van der Waals surface area contributed by atoms with Gasteiger partial charge in [0, 0.05) is 28.8 Å². The van der Waals surface area contributed by atoms with Gasteiger partial charge in [-0.3, -0.25) is 9.59 Å². The fourth-order valence-corrected chi connectivity index (χ4v) is 4.96. The van der Waals surface area contributed by atoms with Crippen LogP contribution in [0.4, 0.5) is 0 Å². The average molecular weight is 462 g/mol. The summed E-state index contributed by atoms with van der Waals surface area (Å²) in [7, 11) is 4.17.